The average Bonchev–Trinajstić information content (AvgIpc) is 2.41. The molecule has 0 atom stereocenters. The highest BCUT2D eigenvalue weighted by atomic mass is 32.2. The molecule has 0 spiro atoms. The molecule has 0 saturated carbocycles. The van der Waals surface area contributed by atoms with Gasteiger partial charge in [-0.3, -0.25) is 4.98 Å². The van der Waals surface area contributed by atoms with Crippen molar-refractivity contribution in [2.75, 3.05) is 32.6 Å². The summed E-state index contributed by atoms with van der Waals surface area (Å²) in [6, 6.07) is 2.25. The first kappa shape index (κ1) is 15.5. The summed E-state index contributed by atoms with van der Waals surface area (Å²) in [6.45, 7) is 4.71. The van der Waals surface area contributed by atoms with E-state index in [-0.39, 0.29) is 0 Å². The maximum absolute atomic E-state index is 5.49. The first-order valence-corrected chi connectivity index (χ1v) is 7.64. The Morgan fingerprint density at radius 1 is 1.33 bits per heavy atom. The summed E-state index contributed by atoms with van der Waals surface area (Å²) in [7, 11) is 1.94. The molecule has 1 aromatic rings. The summed E-state index contributed by atoms with van der Waals surface area (Å²) in [6.07, 6.45) is 7.52. The molecule has 0 bridgehead atoms. The third-order valence-electron chi connectivity index (χ3n) is 2.58. The number of nitrogens with one attached hydrogen (secondary N) is 1. The zero-order valence-electron chi connectivity index (χ0n) is 11.4. The fourth-order valence-corrected chi connectivity index (χ4v) is 2.36. The van der Waals surface area contributed by atoms with Gasteiger partial charge >= 0.3 is 0 Å². The molecule has 0 amide bonds. The topological polar surface area (TPSA) is 34.1 Å². The van der Waals surface area contributed by atoms with Crippen LogP contribution in [0.1, 0.15) is 25.3 Å². The molecule has 0 radical (unpaired) electrons. The van der Waals surface area contributed by atoms with Crippen LogP contribution in [0.3, 0.4) is 0 Å². The highest BCUT2D eigenvalue weighted by Gasteiger charge is 1.98. The molecule has 3 nitrogen and oxygen atoms in total. The van der Waals surface area contributed by atoms with Gasteiger partial charge in [-0.25, -0.2) is 0 Å². The van der Waals surface area contributed by atoms with E-state index < -0.39 is 0 Å². The van der Waals surface area contributed by atoms with Gasteiger partial charge in [0.2, 0.25) is 0 Å². The number of ether oxygens (including phenoxy) is 1. The van der Waals surface area contributed by atoms with Crippen LogP contribution < -0.4 is 5.32 Å². The van der Waals surface area contributed by atoms with Crippen LogP contribution in [-0.4, -0.2) is 37.5 Å². The lowest BCUT2D eigenvalue weighted by Crippen LogP contribution is -2.15. The van der Waals surface area contributed by atoms with Gasteiger partial charge in [-0.05, 0) is 31.5 Å². The van der Waals surface area contributed by atoms with Crippen LogP contribution in [0.4, 0.5) is 0 Å². The minimum absolute atomic E-state index is 0.784. The van der Waals surface area contributed by atoms with Crippen molar-refractivity contribution in [2.45, 2.75) is 31.1 Å². The van der Waals surface area contributed by atoms with Gasteiger partial charge in [-0.1, -0.05) is 13.3 Å². The number of likely N-dealkylation sites (N-methyl/N-ethyl adjacent to an activating group) is 1. The van der Waals surface area contributed by atoms with E-state index in [2.05, 4.69) is 23.3 Å². The molecule has 4 heteroatoms. The number of rotatable bonds is 10. The van der Waals surface area contributed by atoms with Crippen LogP contribution in [0, 0.1) is 0 Å². The van der Waals surface area contributed by atoms with Crippen LogP contribution in [0.2, 0.25) is 0 Å². The number of pyridine rings is 1. The summed E-state index contributed by atoms with van der Waals surface area (Å²) in [5.41, 5.74) is 1.35. The summed E-state index contributed by atoms with van der Waals surface area (Å²) in [5.74, 6) is 0.989. The van der Waals surface area contributed by atoms with E-state index in [9.17, 15) is 0 Å². The normalized spacial score (nSPS) is 10.8. The third-order valence-corrected chi connectivity index (χ3v) is 3.51. The number of thioether (sulfide) groups is 1. The van der Waals surface area contributed by atoms with Crippen molar-refractivity contribution in [1.82, 2.24) is 10.3 Å². The Morgan fingerprint density at radius 2 is 2.22 bits per heavy atom. The fraction of sp³-hybridized carbons (Fsp3) is 0.643. The van der Waals surface area contributed by atoms with Crippen LogP contribution in [-0.2, 0) is 11.2 Å². The van der Waals surface area contributed by atoms with Crippen molar-refractivity contribution in [3.63, 3.8) is 0 Å². The molecule has 1 N–H and O–H groups in total. The van der Waals surface area contributed by atoms with E-state index in [0.29, 0.717) is 0 Å². The second kappa shape index (κ2) is 10.4. The standard InChI is InChI=1S/C14H24N2OS/c1-3-4-5-13-10-14(12-16-11-13)18-9-8-17-7-6-15-2/h10-12,15H,3-9H2,1-2H3. The number of aryl methyl sites for hydroxylation is 1. The lowest BCUT2D eigenvalue weighted by molar-refractivity contribution is 0.153. The SMILES string of the molecule is CCCCc1cncc(SCCOCCNC)c1. The van der Waals surface area contributed by atoms with Gasteiger partial charge in [0.1, 0.15) is 0 Å². The molecule has 1 rings (SSSR count). The molecule has 0 aromatic carbocycles. The highest BCUT2D eigenvalue weighted by molar-refractivity contribution is 7.99. The van der Waals surface area contributed by atoms with Crippen molar-refractivity contribution in [1.29, 1.82) is 0 Å². The molecule has 1 heterocycles. The zero-order valence-corrected chi connectivity index (χ0v) is 12.3. The number of nitrogens with zero attached hydrogens (tertiary/aromatic N) is 1. The Kier molecular flexibility index (Phi) is 8.90. The molecule has 1 aromatic heterocycles. The maximum atomic E-state index is 5.49. The van der Waals surface area contributed by atoms with Crippen molar-refractivity contribution in [2.24, 2.45) is 0 Å². The second-order valence-corrected chi connectivity index (χ2v) is 5.37. The molecule has 0 unspecified atom stereocenters. The average molecular weight is 268 g/mol. The molecule has 102 valence electrons. The molecule has 18 heavy (non-hydrogen) atoms. The minimum Gasteiger partial charge on any atom is -0.379 e. The van der Waals surface area contributed by atoms with Gasteiger partial charge in [-0.2, -0.15) is 0 Å². The van der Waals surface area contributed by atoms with E-state index in [4.69, 9.17) is 4.74 Å². The zero-order chi connectivity index (χ0) is 13.1. The van der Waals surface area contributed by atoms with E-state index in [1.54, 1.807) is 0 Å². The number of unbranched alkanes of at least 4 members (excludes halogenated alkanes) is 1. The van der Waals surface area contributed by atoms with Crippen molar-refractivity contribution in [3.8, 4) is 0 Å². The monoisotopic (exact) mass is 268 g/mol. The summed E-state index contributed by atoms with van der Waals surface area (Å²) in [5, 5.41) is 3.06. The van der Waals surface area contributed by atoms with Crippen LogP contribution in [0.15, 0.2) is 23.4 Å². The highest BCUT2D eigenvalue weighted by Crippen LogP contribution is 2.18. The van der Waals surface area contributed by atoms with Gasteiger partial charge in [0.25, 0.3) is 0 Å². The lowest BCUT2D eigenvalue weighted by atomic mass is 10.1. The van der Waals surface area contributed by atoms with E-state index in [1.807, 2.05) is 31.2 Å². The molecule has 0 aliphatic carbocycles. The number of hydrogen-bond donors (Lipinski definition) is 1. The summed E-state index contributed by atoms with van der Waals surface area (Å²) < 4.78 is 5.49. The molecular formula is C14H24N2OS. The van der Waals surface area contributed by atoms with Gasteiger partial charge < -0.3 is 10.1 Å². The van der Waals surface area contributed by atoms with Gasteiger partial charge in [-0.15, -0.1) is 11.8 Å². The third kappa shape index (κ3) is 6.99. The Balaban J connectivity index is 2.20. The van der Waals surface area contributed by atoms with Crippen LogP contribution in [0.25, 0.3) is 0 Å². The number of hydrogen-bond acceptors (Lipinski definition) is 4. The van der Waals surface area contributed by atoms with E-state index >= 15 is 0 Å². The smallest absolute Gasteiger partial charge is 0.0591 e. The minimum atomic E-state index is 0.784. The van der Waals surface area contributed by atoms with E-state index in [1.165, 1.54) is 23.3 Å². The van der Waals surface area contributed by atoms with Gasteiger partial charge in [0.05, 0.1) is 13.2 Å². The largest absolute Gasteiger partial charge is 0.379 e. The first-order chi connectivity index (χ1) is 8.86. The Labute approximate surface area is 115 Å². The van der Waals surface area contributed by atoms with Gasteiger partial charge in [0.15, 0.2) is 0 Å². The molecule has 0 aliphatic heterocycles. The lowest BCUT2D eigenvalue weighted by Gasteiger charge is -2.05. The van der Waals surface area contributed by atoms with Crippen molar-refractivity contribution in [3.05, 3.63) is 24.0 Å². The maximum Gasteiger partial charge on any atom is 0.0591 e. The molecular weight excluding hydrogens is 244 g/mol. The first-order valence-electron chi connectivity index (χ1n) is 6.66. The molecule has 0 aliphatic rings. The predicted octanol–water partition coefficient (Wildman–Crippen LogP) is 2.75. The molecule has 0 saturated heterocycles. The Bertz CT molecular complexity index is 320. The summed E-state index contributed by atoms with van der Waals surface area (Å²) in [4.78, 5) is 5.54. The second-order valence-electron chi connectivity index (χ2n) is 4.20. The quantitative estimate of drug-likeness (QED) is 0.522. The van der Waals surface area contributed by atoms with Crippen molar-refractivity contribution >= 4 is 11.8 Å². The van der Waals surface area contributed by atoms with E-state index in [0.717, 1.165) is 31.9 Å². The fourth-order valence-electron chi connectivity index (χ4n) is 1.56. The summed E-state index contributed by atoms with van der Waals surface area (Å²) >= 11 is 1.82. The number of aromatic nitrogens is 1. The molecule has 0 fully saturated rings. The van der Waals surface area contributed by atoms with Gasteiger partial charge in [0, 0.05) is 29.6 Å². The predicted molar refractivity (Wildman–Crippen MR) is 78.3 cm³/mol. The van der Waals surface area contributed by atoms with Crippen LogP contribution >= 0.6 is 11.8 Å². The Morgan fingerprint density at radius 3 is 3.00 bits per heavy atom. The van der Waals surface area contributed by atoms with Crippen molar-refractivity contribution < 1.29 is 4.74 Å². The van der Waals surface area contributed by atoms with Crippen LogP contribution in [0.5, 0.6) is 0 Å². The Hall–Kier alpha value is -0.580.